The number of carbonyl (C=O) groups is 1. The fourth-order valence-electron chi connectivity index (χ4n) is 3.07. The number of carbonyl (C=O) groups excluding carboxylic acids is 1. The molecule has 0 saturated heterocycles. The number of hydrogen-bond acceptors (Lipinski definition) is 5. The van der Waals surface area contributed by atoms with E-state index in [-0.39, 0.29) is 12.2 Å². The van der Waals surface area contributed by atoms with Gasteiger partial charge in [-0.1, -0.05) is 0 Å². The molecule has 0 fully saturated rings. The summed E-state index contributed by atoms with van der Waals surface area (Å²) in [5, 5.41) is 14.4. The van der Waals surface area contributed by atoms with Gasteiger partial charge in [0.1, 0.15) is 5.75 Å². The average molecular weight is 358 g/mol. The molecule has 0 unspecified atom stereocenters. The molecule has 6 heteroatoms. The van der Waals surface area contributed by atoms with Crippen molar-refractivity contribution in [2.45, 2.75) is 20.3 Å². The molecule has 4 rings (SSSR count). The first kappa shape index (κ1) is 16.9. The number of nitrogens with zero attached hydrogens (tertiary/aromatic N) is 4. The van der Waals surface area contributed by atoms with Crippen LogP contribution in [0.2, 0.25) is 0 Å². The van der Waals surface area contributed by atoms with Gasteiger partial charge in [0.2, 0.25) is 0 Å². The second-order valence-electron chi connectivity index (χ2n) is 6.55. The van der Waals surface area contributed by atoms with Crippen LogP contribution in [0.25, 0.3) is 16.8 Å². The standard InChI is InChI=1S/C21H18N4O2/c1-13-8-17(9-14(2)21(13)27)16-5-6-20-23-19(24-25(20)12-16)10-18(26)15-4-3-7-22-11-15/h3-9,11-12,27H,10H2,1-2H3. The number of hydrogen-bond donors (Lipinski definition) is 1. The molecule has 0 spiro atoms. The lowest BCUT2D eigenvalue weighted by Gasteiger charge is -2.08. The van der Waals surface area contributed by atoms with Gasteiger partial charge in [0, 0.05) is 29.7 Å². The van der Waals surface area contributed by atoms with E-state index in [4.69, 9.17) is 0 Å². The molecule has 0 aliphatic heterocycles. The van der Waals surface area contributed by atoms with Crippen molar-refractivity contribution in [2.24, 2.45) is 0 Å². The van der Waals surface area contributed by atoms with Crippen LogP contribution < -0.4 is 0 Å². The summed E-state index contributed by atoms with van der Waals surface area (Å²) in [7, 11) is 0. The molecule has 4 aromatic rings. The predicted octanol–water partition coefficient (Wildman–Crippen LogP) is 3.54. The predicted molar refractivity (Wildman–Crippen MR) is 102 cm³/mol. The molecule has 6 nitrogen and oxygen atoms in total. The summed E-state index contributed by atoms with van der Waals surface area (Å²) in [6, 6.07) is 11.2. The van der Waals surface area contributed by atoms with Crippen molar-refractivity contribution < 1.29 is 9.90 Å². The SMILES string of the molecule is Cc1cc(-c2ccc3nc(CC(=O)c4cccnc4)nn3c2)cc(C)c1O. The highest BCUT2D eigenvalue weighted by atomic mass is 16.3. The maximum Gasteiger partial charge on any atom is 0.172 e. The Kier molecular flexibility index (Phi) is 4.16. The number of Topliss-reactive ketones (excluding diaryl/α,β-unsaturated/α-hetero) is 1. The van der Waals surface area contributed by atoms with Crippen molar-refractivity contribution in [1.82, 2.24) is 19.6 Å². The second-order valence-corrected chi connectivity index (χ2v) is 6.55. The van der Waals surface area contributed by atoms with Gasteiger partial charge in [-0.3, -0.25) is 9.78 Å². The fourth-order valence-corrected chi connectivity index (χ4v) is 3.07. The Morgan fingerprint density at radius 2 is 1.89 bits per heavy atom. The Hall–Kier alpha value is -3.54. The van der Waals surface area contributed by atoms with Crippen LogP contribution in [-0.2, 0) is 6.42 Å². The van der Waals surface area contributed by atoms with E-state index < -0.39 is 0 Å². The Morgan fingerprint density at radius 3 is 2.59 bits per heavy atom. The maximum atomic E-state index is 12.3. The first-order valence-electron chi connectivity index (χ1n) is 8.60. The lowest BCUT2D eigenvalue weighted by molar-refractivity contribution is 0.0990. The largest absolute Gasteiger partial charge is 0.507 e. The normalized spacial score (nSPS) is 11.0. The summed E-state index contributed by atoms with van der Waals surface area (Å²) in [5.41, 5.74) is 4.84. The molecule has 134 valence electrons. The summed E-state index contributed by atoms with van der Waals surface area (Å²) in [6.07, 6.45) is 5.19. The van der Waals surface area contributed by atoms with Crippen LogP contribution in [0.5, 0.6) is 5.75 Å². The second kappa shape index (κ2) is 6.64. The molecule has 0 amide bonds. The van der Waals surface area contributed by atoms with Gasteiger partial charge in [-0.25, -0.2) is 9.50 Å². The van der Waals surface area contributed by atoms with Gasteiger partial charge in [-0.2, -0.15) is 5.10 Å². The van der Waals surface area contributed by atoms with Crippen molar-refractivity contribution >= 4 is 11.4 Å². The van der Waals surface area contributed by atoms with Gasteiger partial charge in [0.25, 0.3) is 0 Å². The number of phenolic OH excluding ortho intramolecular Hbond substituents is 1. The zero-order valence-corrected chi connectivity index (χ0v) is 15.0. The van der Waals surface area contributed by atoms with Crippen molar-refractivity contribution in [3.63, 3.8) is 0 Å². The maximum absolute atomic E-state index is 12.3. The number of fused-ring (bicyclic) bond motifs is 1. The number of benzene rings is 1. The van der Waals surface area contributed by atoms with Crippen LogP contribution in [0.4, 0.5) is 0 Å². The molecule has 1 N–H and O–H groups in total. The zero-order valence-electron chi connectivity index (χ0n) is 15.0. The van der Waals surface area contributed by atoms with Crippen molar-refractivity contribution in [3.05, 3.63) is 77.5 Å². The number of phenols is 1. The smallest absolute Gasteiger partial charge is 0.172 e. The van der Waals surface area contributed by atoms with E-state index in [2.05, 4.69) is 15.1 Å². The van der Waals surface area contributed by atoms with Crippen LogP contribution in [0.3, 0.4) is 0 Å². The van der Waals surface area contributed by atoms with E-state index in [9.17, 15) is 9.90 Å². The van der Waals surface area contributed by atoms with Crippen molar-refractivity contribution in [3.8, 4) is 16.9 Å². The quantitative estimate of drug-likeness (QED) is 0.565. The monoisotopic (exact) mass is 358 g/mol. The van der Waals surface area contributed by atoms with Crippen LogP contribution in [0.1, 0.15) is 27.3 Å². The third-order valence-electron chi connectivity index (χ3n) is 4.50. The highest BCUT2D eigenvalue weighted by molar-refractivity contribution is 5.96. The first-order valence-corrected chi connectivity index (χ1v) is 8.60. The fraction of sp³-hybridized carbons (Fsp3) is 0.143. The molecule has 0 aliphatic carbocycles. The lowest BCUT2D eigenvalue weighted by Crippen LogP contribution is -2.05. The molecule has 0 bridgehead atoms. The minimum atomic E-state index is -0.0657. The Bertz CT molecular complexity index is 1130. The highest BCUT2D eigenvalue weighted by Crippen LogP contribution is 2.29. The minimum absolute atomic E-state index is 0.0657. The van der Waals surface area contributed by atoms with Crippen LogP contribution in [-0.4, -0.2) is 30.5 Å². The van der Waals surface area contributed by atoms with Gasteiger partial charge >= 0.3 is 0 Å². The van der Waals surface area contributed by atoms with Gasteiger partial charge in [0.05, 0.1) is 6.42 Å². The third kappa shape index (κ3) is 3.29. The van der Waals surface area contributed by atoms with E-state index in [0.717, 1.165) is 22.3 Å². The van der Waals surface area contributed by atoms with Gasteiger partial charge in [-0.05, 0) is 66.9 Å². The molecule has 3 heterocycles. The molecule has 3 aromatic heterocycles. The summed E-state index contributed by atoms with van der Waals surface area (Å²) in [4.78, 5) is 20.7. The molecular weight excluding hydrogens is 340 g/mol. The summed E-state index contributed by atoms with van der Waals surface area (Å²) < 4.78 is 1.68. The number of ketones is 1. The van der Waals surface area contributed by atoms with E-state index in [1.54, 1.807) is 29.0 Å². The highest BCUT2D eigenvalue weighted by Gasteiger charge is 2.12. The van der Waals surface area contributed by atoms with E-state index in [1.165, 1.54) is 0 Å². The van der Waals surface area contributed by atoms with Crippen LogP contribution >= 0.6 is 0 Å². The third-order valence-corrected chi connectivity index (χ3v) is 4.50. The topological polar surface area (TPSA) is 80.4 Å². The summed E-state index contributed by atoms with van der Waals surface area (Å²) >= 11 is 0. The zero-order chi connectivity index (χ0) is 19.0. The van der Waals surface area contributed by atoms with Crippen LogP contribution in [0.15, 0.2) is 55.0 Å². The molecule has 0 radical (unpaired) electrons. The summed E-state index contributed by atoms with van der Waals surface area (Å²) in [5.74, 6) is 0.722. The molecule has 0 atom stereocenters. The number of aryl methyl sites for hydroxylation is 2. The van der Waals surface area contributed by atoms with E-state index >= 15 is 0 Å². The molecular formula is C21H18N4O2. The number of aromatic nitrogens is 4. The van der Waals surface area contributed by atoms with Gasteiger partial charge in [-0.15, -0.1) is 0 Å². The van der Waals surface area contributed by atoms with Crippen LogP contribution in [0, 0.1) is 13.8 Å². The minimum Gasteiger partial charge on any atom is -0.507 e. The molecule has 0 saturated carbocycles. The first-order chi connectivity index (χ1) is 13.0. The van der Waals surface area contributed by atoms with Gasteiger partial charge < -0.3 is 5.11 Å². The average Bonchev–Trinajstić information content (AvgIpc) is 3.07. The number of rotatable bonds is 4. The Labute approximate surface area is 156 Å². The molecule has 27 heavy (non-hydrogen) atoms. The van der Waals surface area contributed by atoms with Crippen molar-refractivity contribution in [1.29, 1.82) is 0 Å². The lowest BCUT2D eigenvalue weighted by atomic mass is 10.0. The Balaban J connectivity index is 1.65. The van der Waals surface area contributed by atoms with Gasteiger partial charge in [0.15, 0.2) is 17.3 Å². The summed E-state index contributed by atoms with van der Waals surface area (Å²) in [6.45, 7) is 3.75. The van der Waals surface area contributed by atoms with E-state index in [1.807, 2.05) is 44.3 Å². The molecule has 0 aliphatic rings. The Morgan fingerprint density at radius 1 is 1.11 bits per heavy atom. The number of aromatic hydroxyl groups is 1. The van der Waals surface area contributed by atoms with Crippen molar-refractivity contribution in [2.75, 3.05) is 0 Å². The van der Waals surface area contributed by atoms with E-state index in [0.29, 0.717) is 22.8 Å². The number of pyridine rings is 2. The molecule has 1 aromatic carbocycles.